The van der Waals surface area contributed by atoms with Crippen LogP contribution in [-0.4, -0.2) is 16.0 Å². The monoisotopic (exact) mass is 515 g/mol. The third-order valence-corrected chi connectivity index (χ3v) is 8.17. The highest BCUT2D eigenvalue weighted by Gasteiger charge is 2.44. The summed E-state index contributed by atoms with van der Waals surface area (Å²) in [5.41, 5.74) is 9.26. The van der Waals surface area contributed by atoms with E-state index in [1.54, 1.807) is 0 Å². The van der Waals surface area contributed by atoms with Crippen molar-refractivity contribution in [2.75, 3.05) is 0 Å². The van der Waals surface area contributed by atoms with Gasteiger partial charge >= 0.3 is 0 Å². The second-order valence-electron chi connectivity index (χ2n) is 10.5. The molecule has 0 bridgehead atoms. The Morgan fingerprint density at radius 1 is 0.725 bits per heavy atom. The van der Waals surface area contributed by atoms with Gasteiger partial charge in [-0.1, -0.05) is 122 Å². The quantitative estimate of drug-likeness (QED) is 0.205. The lowest BCUT2D eigenvalue weighted by Gasteiger charge is -2.30. The first-order valence-electron chi connectivity index (χ1n) is 13.6. The Kier molecular flexibility index (Phi) is 5.60. The van der Waals surface area contributed by atoms with Crippen molar-refractivity contribution in [2.24, 2.45) is 9.98 Å². The normalized spacial score (nSPS) is 16.8. The second kappa shape index (κ2) is 9.32. The minimum absolute atomic E-state index is 0.484. The SMILES string of the molecule is C=C(N=C(C)c1ccccc1)n1c2ccccc2c2ccc3c(c21)C(C)(c1ccccc1)C(c1ccccc1)=N3. The van der Waals surface area contributed by atoms with Gasteiger partial charge in [-0.15, -0.1) is 0 Å². The highest BCUT2D eigenvalue weighted by Crippen LogP contribution is 2.51. The van der Waals surface area contributed by atoms with Crippen molar-refractivity contribution in [3.05, 3.63) is 156 Å². The number of hydrogen-bond donors (Lipinski definition) is 0. The number of para-hydroxylation sites is 1. The lowest BCUT2D eigenvalue weighted by atomic mass is 9.71. The number of rotatable bonds is 5. The van der Waals surface area contributed by atoms with Crippen molar-refractivity contribution in [1.29, 1.82) is 0 Å². The van der Waals surface area contributed by atoms with Crippen molar-refractivity contribution in [2.45, 2.75) is 19.3 Å². The van der Waals surface area contributed by atoms with Crippen LogP contribution >= 0.6 is 0 Å². The fraction of sp³-hybridized carbons (Fsp3) is 0.0811. The standard InChI is InChI=1S/C37H29N3/c1-25(27-15-7-4-8-16-27)38-26(2)40-33-22-14-13-21-30(33)31-23-24-32-34(35(31)40)37(3,29-19-11-6-12-20-29)36(39-32)28-17-9-5-10-18-28/h4-24H,2H2,1,3H3. The molecule has 1 aromatic heterocycles. The summed E-state index contributed by atoms with van der Waals surface area (Å²) in [6.07, 6.45) is 0. The summed E-state index contributed by atoms with van der Waals surface area (Å²) >= 11 is 0. The Morgan fingerprint density at radius 2 is 1.35 bits per heavy atom. The fourth-order valence-corrected chi connectivity index (χ4v) is 6.24. The number of benzene rings is 5. The molecule has 2 heterocycles. The van der Waals surface area contributed by atoms with Gasteiger partial charge in [0.15, 0.2) is 0 Å². The molecule has 0 spiro atoms. The molecule has 1 unspecified atom stereocenters. The molecule has 5 aromatic carbocycles. The maximum atomic E-state index is 5.32. The first-order valence-corrected chi connectivity index (χ1v) is 13.6. The van der Waals surface area contributed by atoms with E-state index in [2.05, 4.69) is 127 Å². The van der Waals surface area contributed by atoms with Crippen molar-refractivity contribution in [1.82, 2.24) is 4.57 Å². The van der Waals surface area contributed by atoms with E-state index in [0.29, 0.717) is 5.82 Å². The van der Waals surface area contributed by atoms with E-state index in [4.69, 9.17) is 9.98 Å². The van der Waals surface area contributed by atoms with Crippen LogP contribution in [0.3, 0.4) is 0 Å². The first-order chi connectivity index (χ1) is 19.6. The van der Waals surface area contributed by atoms with E-state index in [1.807, 2.05) is 25.1 Å². The van der Waals surface area contributed by atoms with Gasteiger partial charge in [-0.3, -0.25) is 9.56 Å². The van der Waals surface area contributed by atoms with E-state index < -0.39 is 5.41 Å². The summed E-state index contributed by atoms with van der Waals surface area (Å²) < 4.78 is 2.24. The van der Waals surface area contributed by atoms with Gasteiger partial charge in [-0.2, -0.15) is 0 Å². The van der Waals surface area contributed by atoms with Gasteiger partial charge in [0.1, 0.15) is 5.82 Å². The minimum Gasteiger partial charge on any atom is -0.294 e. The number of aliphatic imine (C=N–C) groups is 2. The smallest absolute Gasteiger partial charge is 0.130 e. The van der Waals surface area contributed by atoms with Gasteiger partial charge in [0.05, 0.1) is 27.8 Å². The Bertz CT molecular complexity index is 1960. The fourth-order valence-electron chi connectivity index (χ4n) is 6.24. The molecule has 3 nitrogen and oxygen atoms in total. The van der Waals surface area contributed by atoms with Crippen molar-refractivity contribution < 1.29 is 0 Å². The van der Waals surface area contributed by atoms with E-state index in [1.165, 1.54) is 21.9 Å². The third kappa shape index (κ3) is 3.59. The van der Waals surface area contributed by atoms with Crippen molar-refractivity contribution in [3.63, 3.8) is 0 Å². The van der Waals surface area contributed by atoms with Crippen LogP contribution in [0, 0.1) is 0 Å². The largest absolute Gasteiger partial charge is 0.294 e. The third-order valence-electron chi connectivity index (χ3n) is 8.17. The highest BCUT2D eigenvalue weighted by atomic mass is 15.1. The Morgan fingerprint density at radius 3 is 2.08 bits per heavy atom. The average Bonchev–Trinajstić information content (AvgIpc) is 3.51. The zero-order valence-electron chi connectivity index (χ0n) is 22.7. The van der Waals surface area contributed by atoms with Crippen LogP contribution in [0.25, 0.3) is 27.6 Å². The molecular formula is C37H29N3. The summed E-state index contributed by atoms with van der Waals surface area (Å²) in [6.45, 7) is 8.88. The molecule has 0 aliphatic carbocycles. The molecule has 0 N–H and O–H groups in total. The van der Waals surface area contributed by atoms with Crippen LogP contribution in [0.4, 0.5) is 5.69 Å². The summed E-state index contributed by atoms with van der Waals surface area (Å²) in [4.78, 5) is 10.4. The van der Waals surface area contributed by atoms with Crippen LogP contribution in [0.15, 0.2) is 144 Å². The molecule has 7 rings (SSSR count). The molecule has 1 atom stereocenters. The Balaban J connectivity index is 1.55. The Hall–Kier alpha value is -5.02. The summed E-state index contributed by atoms with van der Waals surface area (Å²) in [5, 5.41) is 2.35. The number of nitrogens with zero attached hydrogens (tertiary/aromatic N) is 3. The van der Waals surface area contributed by atoms with E-state index in [9.17, 15) is 0 Å². The molecule has 0 saturated heterocycles. The zero-order chi connectivity index (χ0) is 27.3. The number of aromatic nitrogens is 1. The first kappa shape index (κ1) is 24.1. The lowest BCUT2D eigenvalue weighted by Crippen LogP contribution is -2.32. The second-order valence-corrected chi connectivity index (χ2v) is 10.5. The molecule has 0 fully saturated rings. The average molecular weight is 516 g/mol. The molecule has 3 heteroatoms. The van der Waals surface area contributed by atoms with Gasteiger partial charge in [-0.25, -0.2) is 4.99 Å². The van der Waals surface area contributed by atoms with Crippen molar-refractivity contribution >= 4 is 44.7 Å². The van der Waals surface area contributed by atoms with E-state index >= 15 is 0 Å². The molecule has 0 radical (unpaired) electrons. The van der Waals surface area contributed by atoms with Gasteiger partial charge in [0, 0.05) is 22.0 Å². The molecule has 1 aliphatic heterocycles. The summed E-state index contributed by atoms with van der Waals surface area (Å²) in [5.74, 6) is 0.685. The number of hydrogen-bond acceptors (Lipinski definition) is 2. The maximum Gasteiger partial charge on any atom is 0.130 e. The van der Waals surface area contributed by atoms with Crippen LogP contribution in [0.5, 0.6) is 0 Å². The summed E-state index contributed by atoms with van der Waals surface area (Å²) in [7, 11) is 0. The zero-order valence-corrected chi connectivity index (χ0v) is 22.7. The van der Waals surface area contributed by atoms with E-state index in [0.717, 1.165) is 39.3 Å². The summed E-state index contributed by atoms with van der Waals surface area (Å²) in [6, 6.07) is 44.5. The van der Waals surface area contributed by atoms with Crippen LogP contribution < -0.4 is 0 Å². The highest BCUT2D eigenvalue weighted by molar-refractivity contribution is 6.20. The Labute approximate surface area is 234 Å². The molecule has 1 aliphatic rings. The predicted molar refractivity (Wildman–Crippen MR) is 169 cm³/mol. The van der Waals surface area contributed by atoms with Gasteiger partial charge in [-0.05, 0) is 42.7 Å². The molecule has 0 saturated carbocycles. The van der Waals surface area contributed by atoms with E-state index in [-0.39, 0.29) is 0 Å². The molecule has 0 amide bonds. The number of fused-ring (bicyclic) bond motifs is 5. The van der Waals surface area contributed by atoms with Gasteiger partial charge in [0.2, 0.25) is 0 Å². The van der Waals surface area contributed by atoms with Crippen molar-refractivity contribution in [3.8, 4) is 0 Å². The molecular weight excluding hydrogens is 486 g/mol. The molecule has 40 heavy (non-hydrogen) atoms. The molecule has 6 aromatic rings. The van der Waals surface area contributed by atoms with Gasteiger partial charge < -0.3 is 0 Å². The lowest BCUT2D eigenvalue weighted by molar-refractivity contribution is 0.797. The minimum atomic E-state index is -0.484. The molecule has 192 valence electrons. The van der Waals surface area contributed by atoms with Gasteiger partial charge in [0.25, 0.3) is 0 Å². The van der Waals surface area contributed by atoms with Crippen LogP contribution in [-0.2, 0) is 5.41 Å². The van der Waals surface area contributed by atoms with Crippen LogP contribution in [0.1, 0.15) is 36.1 Å². The topological polar surface area (TPSA) is 29.6 Å². The maximum absolute atomic E-state index is 5.32. The van der Waals surface area contributed by atoms with Crippen LogP contribution in [0.2, 0.25) is 0 Å². The predicted octanol–water partition coefficient (Wildman–Crippen LogP) is 9.17.